The van der Waals surface area contributed by atoms with Gasteiger partial charge in [0.25, 0.3) is 11.8 Å². The summed E-state index contributed by atoms with van der Waals surface area (Å²) in [7, 11) is 0. The highest BCUT2D eigenvalue weighted by molar-refractivity contribution is 9.09. The van der Waals surface area contributed by atoms with Crippen LogP contribution in [0, 0.1) is 17.8 Å². The van der Waals surface area contributed by atoms with Crippen molar-refractivity contribution in [3.8, 4) is 5.75 Å². The van der Waals surface area contributed by atoms with E-state index in [2.05, 4.69) is 15.9 Å². The first-order valence-corrected chi connectivity index (χ1v) is 15.8. The zero-order valence-corrected chi connectivity index (χ0v) is 25.7. The van der Waals surface area contributed by atoms with Crippen molar-refractivity contribution < 1.29 is 38.9 Å². The fourth-order valence-corrected chi connectivity index (χ4v) is 8.53. The lowest BCUT2D eigenvalue weighted by Crippen LogP contribution is -2.60. The third-order valence-corrected chi connectivity index (χ3v) is 10.9. The van der Waals surface area contributed by atoms with Crippen LogP contribution in [0.15, 0.2) is 35.9 Å². The Labute approximate surface area is 261 Å². The second kappa shape index (κ2) is 11.9. The lowest BCUT2D eigenvalue weighted by Gasteiger charge is -2.51. The molecule has 4 aliphatic rings. The molecule has 1 aromatic rings. The Bertz CT molecular complexity index is 1360. The molecule has 2 N–H and O–H groups in total. The largest absolute Gasteiger partial charge is 0.491 e. The van der Waals surface area contributed by atoms with Crippen molar-refractivity contribution >= 4 is 68.7 Å². The Morgan fingerprint density at radius 3 is 2.45 bits per heavy atom. The van der Waals surface area contributed by atoms with E-state index >= 15 is 0 Å². The van der Waals surface area contributed by atoms with Crippen LogP contribution in [0.2, 0.25) is 0 Å². The lowest BCUT2D eigenvalue weighted by molar-refractivity contribution is -0.141. The summed E-state index contributed by atoms with van der Waals surface area (Å²) in [4.78, 5) is 64.1. The van der Waals surface area contributed by atoms with Gasteiger partial charge in [-0.15, -0.1) is 23.2 Å². The molecule has 2 aliphatic heterocycles. The summed E-state index contributed by atoms with van der Waals surface area (Å²) in [6.45, 7) is -0.0993. The number of carboxylic acid groups (broad SMARTS) is 1. The van der Waals surface area contributed by atoms with Gasteiger partial charge in [-0.3, -0.25) is 33.8 Å². The number of carbonyl (C=O) groups excluding carboxylic acids is 4. The van der Waals surface area contributed by atoms with E-state index in [1.807, 2.05) is 6.08 Å². The van der Waals surface area contributed by atoms with Crippen molar-refractivity contribution in [2.45, 2.75) is 54.2 Å². The van der Waals surface area contributed by atoms with Gasteiger partial charge in [0, 0.05) is 24.4 Å². The first-order valence-electron chi connectivity index (χ1n) is 13.9. The van der Waals surface area contributed by atoms with Crippen molar-refractivity contribution in [1.82, 2.24) is 9.80 Å². The molecule has 0 spiro atoms. The number of rotatable bonds is 11. The zero-order valence-electron chi connectivity index (χ0n) is 22.6. The fourth-order valence-electron chi connectivity index (χ4n) is 7.11. The number of amides is 4. The maximum absolute atomic E-state index is 13.9. The number of carbonyl (C=O) groups is 5. The molecular formula is C29H31BrCl2N2O8. The van der Waals surface area contributed by atoms with Gasteiger partial charge in [0.1, 0.15) is 12.4 Å². The van der Waals surface area contributed by atoms with Gasteiger partial charge in [-0.2, -0.15) is 0 Å². The number of imide groups is 2. The van der Waals surface area contributed by atoms with Gasteiger partial charge in [0.15, 0.2) is 9.75 Å². The predicted molar refractivity (Wildman–Crippen MR) is 155 cm³/mol. The smallest absolute Gasteiger partial charge is 0.303 e. The molecule has 0 aromatic heterocycles. The number of aliphatic hydroxyl groups is 1. The molecule has 4 amide bonds. The van der Waals surface area contributed by atoms with Crippen LogP contribution in [-0.4, -0.2) is 84.6 Å². The highest BCUT2D eigenvalue weighted by Crippen LogP contribution is 2.66. The highest BCUT2D eigenvalue weighted by atomic mass is 79.9. The maximum atomic E-state index is 13.9. The van der Waals surface area contributed by atoms with Crippen LogP contribution in [0.3, 0.4) is 0 Å². The van der Waals surface area contributed by atoms with Crippen molar-refractivity contribution in [3.05, 3.63) is 41.5 Å². The number of hydrogen-bond acceptors (Lipinski definition) is 7. The molecule has 3 fully saturated rings. The number of hydrogen-bond donors (Lipinski definition) is 2. The molecule has 13 heteroatoms. The van der Waals surface area contributed by atoms with Crippen LogP contribution >= 0.6 is 39.1 Å². The van der Waals surface area contributed by atoms with Gasteiger partial charge in [-0.05, 0) is 37.7 Å². The van der Waals surface area contributed by atoms with Crippen molar-refractivity contribution in [1.29, 1.82) is 0 Å². The molecule has 10 nitrogen and oxygen atoms in total. The second-order valence-corrected chi connectivity index (χ2v) is 12.9. The number of para-hydroxylation sites is 1. The fraction of sp³-hybridized carbons (Fsp3) is 0.552. The molecule has 42 heavy (non-hydrogen) atoms. The Morgan fingerprint density at radius 1 is 1.02 bits per heavy atom. The third-order valence-electron chi connectivity index (χ3n) is 8.96. The quantitative estimate of drug-likeness (QED) is 0.119. The van der Waals surface area contributed by atoms with E-state index in [4.69, 9.17) is 33.0 Å². The number of aliphatic carboxylic acids is 1. The van der Waals surface area contributed by atoms with Gasteiger partial charge in [0.05, 0.1) is 23.9 Å². The molecule has 2 heterocycles. The van der Waals surface area contributed by atoms with Gasteiger partial charge >= 0.3 is 5.97 Å². The lowest BCUT2D eigenvalue weighted by atomic mass is 9.56. The van der Waals surface area contributed by atoms with Crippen LogP contribution in [0.5, 0.6) is 5.75 Å². The number of carboxylic acids is 1. The molecule has 0 radical (unpaired) electrons. The van der Waals surface area contributed by atoms with Crippen LogP contribution < -0.4 is 4.74 Å². The van der Waals surface area contributed by atoms with E-state index in [1.165, 1.54) is 4.90 Å². The number of alkyl halides is 3. The minimum absolute atomic E-state index is 0.0174. The molecular weight excluding hydrogens is 655 g/mol. The maximum Gasteiger partial charge on any atom is 0.303 e. The number of nitrogens with zero attached hydrogens (tertiary/aromatic N) is 2. The Morgan fingerprint density at radius 2 is 1.76 bits per heavy atom. The number of likely N-dealkylation sites (tertiary alicyclic amines) is 2. The van der Waals surface area contributed by atoms with E-state index in [1.54, 1.807) is 24.3 Å². The van der Waals surface area contributed by atoms with E-state index in [0.29, 0.717) is 36.1 Å². The molecule has 0 bridgehead atoms. The van der Waals surface area contributed by atoms with Crippen LogP contribution in [0.25, 0.3) is 0 Å². The third kappa shape index (κ3) is 4.67. The number of allylic oxidation sites excluding steroid dienone is 2. The molecule has 2 aliphatic carbocycles. The molecule has 5 rings (SSSR count). The van der Waals surface area contributed by atoms with Gasteiger partial charge < -0.3 is 14.9 Å². The average molecular weight is 686 g/mol. The first-order chi connectivity index (χ1) is 20.0. The Balaban J connectivity index is 1.55. The second-order valence-electron chi connectivity index (χ2n) is 11.1. The number of halogens is 3. The van der Waals surface area contributed by atoms with E-state index in [0.717, 1.165) is 4.90 Å². The minimum atomic E-state index is -1.94. The summed E-state index contributed by atoms with van der Waals surface area (Å²) in [6.07, 6.45) is 3.49. The van der Waals surface area contributed by atoms with E-state index in [9.17, 15) is 29.1 Å². The number of fused-ring (bicyclic) bond motifs is 4. The summed E-state index contributed by atoms with van der Waals surface area (Å²) in [5.41, 5.74) is 1.03. The summed E-state index contributed by atoms with van der Waals surface area (Å²) in [5.74, 6) is -5.58. The zero-order chi connectivity index (χ0) is 30.4. The molecule has 2 saturated heterocycles. The first kappa shape index (κ1) is 31.0. The average Bonchev–Trinajstić information content (AvgIpc) is 3.29. The molecule has 6 atom stereocenters. The normalized spacial score (nSPS) is 32.0. The SMILES string of the molecule is O=C(O)CCCCCN1C(=O)C2CC=C3C(CC4(Cl)C(=O)N(CBr)C(=O)C4(Cl)C3c3ccccc3OCCO)C2C1=O. The predicted octanol–water partition coefficient (Wildman–Crippen LogP) is 3.41. The van der Waals surface area contributed by atoms with Gasteiger partial charge in [-0.25, -0.2) is 0 Å². The Kier molecular flexibility index (Phi) is 8.78. The van der Waals surface area contributed by atoms with E-state index < -0.39 is 51.2 Å². The summed E-state index contributed by atoms with van der Waals surface area (Å²) >= 11 is 17.7. The van der Waals surface area contributed by atoms with Crippen molar-refractivity contribution in [2.24, 2.45) is 17.8 Å². The Hall–Kier alpha value is -2.47. The van der Waals surface area contributed by atoms with Crippen molar-refractivity contribution in [3.63, 3.8) is 0 Å². The number of unbranched alkanes of at least 4 members (excludes halogenated alkanes) is 2. The number of benzene rings is 1. The standard InChI is InChI=1S/C29H31BrCl2N2O8/c30-15-34-26(40)28(31)14-19-16(23(29(28,32)27(34)41)17-6-3-4-7-20(17)42-13-12-35)9-10-18-22(19)25(39)33(24(18)38)11-5-1-2-8-21(36)37/h3-4,6-7,9,18-19,22-23,35H,1-2,5,8,10-15H2,(H,36,37). The van der Waals surface area contributed by atoms with Crippen molar-refractivity contribution in [2.75, 3.05) is 25.2 Å². The monoisotopic (exact) mass is 684 g/mol. The molecule has 1 saturated carbocycles. The molecule has 6 unspecified atom stereocenters. The molecule has 1 aromatic carbocycles. The number of ether oxygens (including phenoxy) is 1. The topological polar surface area (TPSA) is 142 Å². The number of aliphatic hydroxyl groups excluding tert-OH is 1. The summed E-state index contributed by atoms with van der Waals surface area (Å²) in [5, 5.41) is 18.3. The van der Waals surface area contributed by atoms with Crippen LogP contribution in [0.1, 0.15) is 50.0 Å². The summed E-state index contributed by atoms with van der Waals surface area (Å²) < 4.78 is 5.82. The van der Waals surface area contributed by atoms with Gasteiger partial charge in [-0.1, -0.05) is 52.2 Å². The highest BCUT2D eigenvalue weighted by Gasteiger charge is 2.76. The van der Waals surface area contributed by atoms with E-state index in [-0.39, 0.29) is 56.3 Å². The van der Waals surface area contributed by atoms with Crippen LogP contribution in [0.4, 0.5) is 0 Å². The summed E-state index contributed by atoms with van der Waals surface area (Å²) in [6, 6.07) is 6.88. The minimum Gasteiger partial charge on any atom is -0.491 e. The molecule has 226 valence electrons. The van der Waals surface area contributed by atoms with Crippen LogP contribution in [-0.2, 0) is 24.0 Å². The van der Waals surface area contributed by atoms with Gasteiger partial charge in [0.2, 0.25) is 11.8 Å².